The Morgan fingerprint density at radius 2 is 2.17 bits per heavy atom. The van der Waals surface area contributed by atoms with Gasteiger partial charge in [0.1, 0.15) is 5.82 Å². The molecule has 0 aliphatic heterocycles. The Kier molecular flexibility index (Phi) is 6.08. The number of nitrogens with one attached hydrogen (secondary N) is 1. The molecule has 0 saturated carbocycles. The number of rotatable bonds is 6. The van der Waals surface area contributed by atoms with Crippen LogP contribution in [0, 0.1) is 11.3 Å². The fourth-order valence-corrected chi connectivity index (χ4v) is 2.86. The molecule has 0 bridgehead atoms. The molecule has 0 aromatic carbocycles. The third-order valence-corrected chi connectivity index (χ3v) is 3.34. The highest BCUT2D eigenvalue weighted by Gasteiger charge is 2.13. The van der Waals surface area contributed by atoms with E-state index in [0.717, 1.165) is 21.3 Å². The van der Waals surface area contributed by atoms with Crippen LogP contribution in [0.2, 0.25) is 0 Å². The molecule has 1 heterocycles. The van der Waals surface area contributed by atoms with Gasteiger partial charge in [-0.15, -0.1) is 0 Å². The van der Waals surface area contributed by atoms with Gasteiger partial charge in [-0.3, -0.25) is 5.41 Å². The number of halogens is 2. The summed E-state index contributed by atoms with van der Waals surface area (Å²) in [6.07, 6.45) is 2.33. The van der Waals surface area contributed by atoms with Crippen LogP contribution >= 0.6 is 31.9 Å². The molecule has 6 heteroatoms. The smallest absolute Gasteiger partial charge is 0.142 e. The van der Waals surface area contributed by atoms with E-state index in [9.17, 15) is 0 Å². The summed E-state index contributed by atoms with van der Waals surface area (Å²) < 4.78 is 1.88. The molecule has 1 aromatic heterocycles. The monoisotopic (exact) mass is 376 g/mol. The normalized spacial score (nSPS) is 10.7. The molecule has 100 valence electrons. The number of nitrogens with two attached hydrogens (primary N) is 1. The van der Waals surface area contributed by atoms with Gasteiger partial charge >= 0.3 is 0 Å². The maximum Gasteiger partial charge on any atom is 0.142 e. The van der Waals surface area contributed by atoms with Crippen LogP contribution in [0.25, 0.3) is 0 Å². The van der Waals surface area contributed by atoms with Gasteiger partial charge in [0.2, 0.25) is 0 Å². The quantitative estimate of drug-likeness (QED) is 0.589. The predicted octanol–water partition coefficient (Wildman–Crippen LogP) is 3.40. The fourth-order valence-electron chi connectivity index (χ4n) is 1.62. The van der Waals surface area contributed by atoms with Crippen molar-refractivity contribution in [3.63, 3.8) is 0 Å². The van der Waals surface area contributed by atoms with Crippen molar-refractivity contribution in [1.82, 2.24) is 4.98 Å². The van der Waals surface area contributed by atoms with Gasteiger partial charge in [-0.25, -0.2) is 4.98 Å². The van der Waals surface area contributed by atoms with Crippen LogP contribution in [0.1, 0.15) is 20.3 Å². The maximum absolute atomic E-state index is 7.33. The number of aromatic nitrogens is 1. The molecule has 0 saturated heterocycles. The number of nitrogens with zero attached hydrogens (tertiary/aromatic N) is 2. The van der Waals surface area contributed by atoms with Crippen molar-refractivity contribution < 1.29 is 0 Å². The molecule has 1 rings (SSSR count). The highest BCUT2D eigenvalue weighted by Crippen LogP contribution is 2.27. The van der Waals surface area contributed by atoms with Crippen LogP contribution in [-0.2, 0) is 0 Å². The molecule has 0 aliphatic carbocycles. The lowest BCUT2D eigenvalue weighted by atomic mass is 10.2. The molecule has 0 amide bonds. The Labute approximate surface area is 125 Å². The van der Waals surface area contributed by atoms with Crippen molar-refractivity contribution in [2.45, 2.75) is 20.3 Å². The summed E-state index contributed by atoms with van der Waals surface area (Å²) in [5.41, 5.74) is 5.43. The molecule has 0 radical (unpaired) electrons. The van der Waals surface area contributed by atoms with E-state index < -0.39 is 0 Å². The van der Waals surface area contributed by atoms with E-state index in [1.54, 1.807) is 6.20 Å². The van der Waals surface area contributed by atoms with E-state index in [2.05, 4.69) is 55.6 Å². The second kappa shape index (κ2) is 7.09. The number of amidine groups is 1. The Hall–Kier alpha value is -0.620. The number of anilines is 1. The minimum Gasteiger partial charge on any atom is -0.388 e. The molecule has 0 spiro atoms. The van der Waals surface area contributed by atoms with Gasteiger partial charge in [-0.2, -0.15) is 0 Å². The first-order valence-electron chi connectivity index (χ1n) is 5.79. The summed E-state index contributed by atoms with van der Waals surface area (Å²) in [5.74, 6) is 1.62. The minimum atomic E-state index is 0.206. The zero-order valence-corrected chi connectivity index (χ0v) is 13.8. The predicted molar refractivity (Wildman–Crippen MR) is 83.2 cm³/mol. The van der Waals surface area contributed by atoms with Crippen LogP contribution in [0.15, 0.2) is 21.2 Å². The molecule has 3 N–H and O–H groups in total. The van der Waals surface area contributed by atoms with Gasteiger partial charge in [-0.1, -0.05) is 13.8 Å². The second-order valence-corrected chi connectivity index (χ2v) is 6.34. The molecule has 1 aromatic rings. The molecule has 0 fully saturated rings. The Morgan fingerprint density at radius 3 is 2.67 bits per heavy atom. The molecule has 0 unspecified atom stereocenters. The molecular formula is C12H18Br2N4. The lowest BCUT2D eigenvalue weighted by Crippen LogP contribution is -2.32. The van der Waals surface area contributed by atoms with Crippen LogP contribution in [-0.4, -0.2) is 23.9 Å². The van der Waals surface area contributed by atoms with Crippen molar-refractivity contribution in [2.75, 3.05) is 18.0 Å². The van der Waals surface area contributed by atoms with Crippen molar-refractivity contribution in [3.05, 3.63) is 21.2 Å². The van der Waals surface area contributed by atoms with E-state index in [-0.39, 0.29) is 5.84 Å². The summed E-state index contributed by atoms with van der Waals surface area (Å²) >= 11 is 6.92. The summed E-state index contributed by atoms with van der Waals surface area (Å²) in [7, 11) is 0. The molecule has 18 heavy (non-hydrogen) atoms. The molecular weight excluding hydrogens is 360 g/mol. The lowest BCUT2D eigenvalue weighted by molar-refractivity contribution is 0.608. The highest BCUT2D eigenvalue weighted by atomic mass is 79.9. The number of pyridine rings is 1. The van der Waals surface area contributed by atoms with Gasteiger partial charge in [0, 0.05) is 30.2 Å². The van der Waals surface area contributed by atoms with Crippen LogP contribution in [0.4, 0.5) is 5.82 Å². The third kappa shape index (κ3) is 4.94. The highest BCUT2D eigenvalue weighted by molar-refractivity contribution is 9.11. The second-order valence-electron chi connectivity index (χ2n) is 4.57. The van der Waals surface area contributed by atoms with E-state index in [1.807, 2.05) is 6.07 Å². The van der Waals surface area contributed by atoms with Gasteiger partial charge in [0.05, 0.1) is 10.3 Å². The average molecular weight is 378 g/mol. The number of hydrogen-bond donors (Lipinski definition) is 2. The van der Waals surface area contributed by atoms with E-state index in [4.69, 9.17) is 11.1 Å². The summed E-state index contributed by atoms with van der Waals surface area (Å²) in [4.78, 5) is 6.59. The van der Waals surface area contributed by atoms with Gasteiger partial charge in [-0.05, 0) is 43.8 Å². The Balaban J connectivity index is 2.89. The van der Waals surface area contributed by atoms with Gasteiger partial charge < -0.3 is 10.6 Å². The minimum absolute atomic E-state index is 0.206. The third-order valence-electron chi connectivity index (χ3n) is 2.32. The lowest BCUT2D eigenvalue weighted by Gasteiger charge is -2.26. The van der Waals surface area contributed by atoms with Crippen molar-refractivity contribution >= 4 is 43.5 Å². The zero-order valence-electron chi connectivity index (χ0n) is 10.6. The maximum atomic E-state index is 7.33. The van der Waals surface area contributed by atoms with Crippen LogP contribution in [0.3, 0.4) is 0 Å². The summed E-state index contributed by atoms with van der Waals surface area (Å²) in [5, 5.41) is 7.33. The largest absolute Gasteiger partial charge is 0.388 e. The molecule has 4 nitrogen and oxygen atoms in total. The van der Waals surface area contributed by atoms with Crippen molar-refractivity contribution in [2.24, 2.45) is 11.7 Å². The molecule has 0 atom stereocenters. The average Bonchev–Trinajstić information content (AvgIpc) is 2.24. The van der Waals surface area contributed by atoms with Crippen molar-refractivity contribution in [3.8, 4) is 0 Å². The Morgan fingerprint density at radius 1 is 1.50 bits per heavy atom. The summed E-state index contributed by atoms with van der Waals surface area (Å²) in [6.45, 7) is 5.92. The first-order valence-corrected chi connectivity index (χ1v) is 7.37. The zero-order chi connectivity index (χ0) is 13.7. The van der Waals surface area contributed by atoms with Crippen molar-refractivity contribution in [1.29, 1.82) is 5.41 Å². The standard InChI is InChI=1S/C12H18Br2N4/c1-8(2)7-18(4-3-11(15)16)12-10(14)5-9(13)6-17-12/h5-6,8H,3-4,7H2,1-2H3,(H3,15,16). The SMILES string of the molecule is CC(C)CN(CCC(=N)N)c1ncc(Br)cc1Br. The van der Waals surface area contributed by atoms with Gasteiger partial charge in [0.25, 0.3) is 0 Å². The summed E-state index contributed by atoms with van der Waals surface area (Å²) in [6, 6.07) is 1.98. The first-order chi connectivity index (χ1) is 8.40. The Bertz CT molecular complexity index is 421. The van der Waals surface area contributed by atoms with Crippen LogP contribution < -0.4 is 10.6 Å². The first kappa shape index (κ1) is 15.4. The molecule has 0 aliphatic rings. The topological polar surface area (TPSA) is 66.0 Å². The van der Waals surface area contributed by atoms with E-state index >= 15 is 0 Å². The van der Waals surface area contributed by atoms with E-state index in [1.165, 1.54) is 0 Å². The fraction of sp³-hybridized carbons (Fsp3) is 0.500. The van der Waals surface area contributed by atoms with E-state index in [0.29, 0.717) is 18.9 Å². The number of hydrogen-bond acceptors (Lipinski definition) is 3. The van der Waals surface area contributed by atoms with Crippen LogP contribution in [0.5, 0.6) is 0 Å². The van der Waals surface area contributed by atoms with Gasteiger partial charge in [0.15, 0.2) is 0 Å².